The molecule has 0 unspecified atom stereocenters. The maximum Gasteiger partial charge on any atom is 0.253 e. The third kappa shape index (κ3) is 3.89. The van der Waals surface area contributed by atoms with Gasteiger partial charge >= 0.3 is 0 Å². The monoisotopic (exact) mass is 270 g/mol. The Morgan fingerprint density at radius 2 is 2.17 bits per heavy atom. The van der Waals surface area contributed by atoms with Crippen molar-refractivity contribution in [3.8, 4) is 0 Å². The van der Waals surface area contributed by atoms with Crippen molar-refractivity contribution in [1.82, 2.24) is 4.90 Å². The van der Waals surface area contributed by atoms with E-state index in [0.29, 0.717) is 42.6 Å². The van der Waals surface area contributed by atoms with Gasteiger partial charge in [-0.25, -0.2) is 0 Å². The van der Waals surface area contributed by atoms with Crippen molar-refractivity contribution in [2.75, 3.05) is 32.0 Å². The van der Waals surface area contributed by atoms with Gasteiger partial charge in [0.1, 0.15) is 0 Å². The zero-order chi connectivity index (χ0) is 13.5. The van der Waals surface area contributed by atoms with Crippen LogP contribution in [0.25, 0.3) is 0 Å². The molecule has 0 aliphatic carbocycles. The topological polar surface area (TPSA) is 55.6 Å². The molecule has 0 aliphatic rings. The van der Waals surface area contributed by atoms with E-state index in [0.717, 1.165) is 0 Å². The zero-order valence-electron chi connectivity index (χ0n) is 10.8. The number of carbonyl (C=O) groups excluding carboxylic acids is 1. The molecule has 1 aromatic rings. The Hall–Kier alpha value is -1.26. The Bertz CT molecular complexity index is 410. The van der Waals surface area contributed by atoms with Crippen LogP contribution in [0.3, 0.4) is 0 Å². The molecule has 100 valence electrons. The van der Waals surface area contributed by atoms with E-state index >= 15 is 0 Å². The van der Waals surface area contributed by atoms with Crippen molar-refractivity contribution in [3.05, 3.63) is 28.8 Å². The number of ether oxygens (including phenoxy) is 1. The summed E-state index contributed by atoms with van der Waals surface area (Å²) < 4.78 is 5.25. The van der Waals surface area contributed by atoms with Gasteiger partial charge in [0.2, 0.25) is 0 Å². The van der Waals surface area contributed by atoms with E-state index in [1.807, 2.05) is 13.8 Å². The number of rotatable bonds is 6. The first-order valence-corrected chi connectivity index (χ1v) is 6.40. The number of hydrogen-bond donors (Lipinski definition) is 1. The lowest BCUT2D eigenvalue weighted by molar-refractivity contribution is 0.0669. The summed E-state index contributed by atoms with van der Waals surface area (Å²) in [5.74, 6) is -0.0564. The normalized spacial score (nSPS) is 10.4. The predicted octanol–water partition coefficient (Wildman–Crippen LogP) is 2.42. The summed E-state index contributed by atoms with van der Waals surface area (Å²) >= 11 is 5.91. The molecule has 0 aromatic heterocycles. The number of amides is 1. The van der Waals surface area contributed by atoms with Gasteiger partial charge in [0.25, 0.3) is 5.91 Å². The van der Waals surface area contributed by atoms with E-state index in [4.69, 9.17) is 22.1 Å². The van der Waals surface area contributed by atoms with Gasteiger partial charge < -0.3 is 15.4 Å². The first-order valence-electron chi connectivity index (χ1n) is 6.02. The van der Waals surface area contributed by atoms with Crippen LogP contribution >= 0.6 is 11.6 Å². The molecule has 0 atom stereocenters. The minimum Gasteiger partial charge on any atom is -0.398 e. The molecule has 0 saturated carbocycles. The van der Waals surface area contributed by atoms with Crippen molar-refractivity contribution in [3.63, 3.8) is 0 Å². The quantitative estimate of drug-likeness (QED) is 0.638. The first kappa shape index (κ1) is 14.8. The van der Waals surface area contributed by atoms with Gasteiger partial charge in [-0.05, 0) is 32.0 Å². The maximum absolute atomic E-state index is 12.2. The average molecular weight is 271 g/mol. The van der Waals surface area contributed by atoms with E-state index in [-0.39, 0.29) is 5.91 Å². The molecule has 0 radical (unpaired) electrons. The van der Waals surface area contributed by atoms with Crippen molar-refractivity contribution < 1.29 is 9.53 Å². The van der Waals surface area contributed by atoms with Crippen LogP contribution in [0.4, 0.5) is 5.69 Å². The molecule has 18 heavy (non-hydrogen) atoms. The van der Waals surface area contributed by atoms with Crippen LogP contribution in [0.1, 0.15) is 24.2 Å². The Morgan fingerprint density at radius 1 is 1.44 bits per heavy atom. The molecule has 0 fully saturated rings. The lowest BCUT2D eigenvalue weighted by atomic mass is 10.2. The van der Waals surface area contributed by atoms with Crippen LogP contribution in [-0.2, 0) is 4.74 Å². The molecule has 2 N–H and O–H groups in total. The van der Waals surface area contributed by atoms with Crippen molar-refractivity contribution in [2.45, 2.75) is 13.8 Å². The van der Waals surface area contributed by atoms with Gasteiger partial charge in [-0.1, -0.05) is 11.6 Å². The lowest BCUT2D eigenvalue weighted by Gasteiger charge is -2.21. The predicted molar refractivity (Wildman–Crippen MR) is 73.9 cm³/mol. The fraction of sp³-hybridized carbons (Fsp3) is 0.462. The third-order valence-corrected chi connectivity index (χ3v) is 2.95. The number of carbonyl (C=O) groups is 1. The second-order valence-electron chi connectivity index (χ2n) is 3.82. The number of nitrogen functional groups attached to an aromatic ring is 1. The standard InChI is InChI=1S/C13H19ClN2O2/c1-3-16(7-8-18-4-2)13(17)10-5-6-12(15)11(14)9-10/h5-6,9H,3-4,7-8,15H2,1-2H3. The number of halogens is 1. The highest BCUT2D eigenvalue weighted by Crippen LogP contribution is 2.20. The van der Waals surface area contributed by atoms with Crippen LogP contribution in [0.2, 0.25) is 5.02 Å². The molecular formula is C13H19ClN2O2. The fourth-order valence-corrected chi connectivity index (χ4v) is 1.75. The second kappa shape index (κ2) is 7.24. The number of anilines is 1. The molecule has 0 heterocycles. The molecule has 1 aromatic carbocycles. The van der Waals surface area contributed by atoms with Gasteiger partial charge in [0.15, 0.2) is 0 Å². The molecule has 5 heteroatoms. The molecule has 0 aliphatic heterocycles. The number of benzene rings is 1. The second-order valence-corrected chi connectivity index (χ2v) is 4.23. The van der Waals surface area contributed by atoms with Gasteiger partial charge in [-0.3, -0.25) is 4.79 Å². The summed E-state index contributed by atoms with van der Waals surface area (Å²) in [7, 11) is 0. The smallest absolute Gasteiger partial charge is 0.253 e. The molecule has 0 saturated heterocycles. The van der Waals surface area contributed by atoms with Crippen molar-refractivity contribution >= 4 is 23.2 Å². The Morgan fingerprint density at radius 3 is 2.72 bits per heavy atom. The van der Waals surface area contributed by atoms with Crippen LogP contribution in [0.5, 0.6) is 0 Å². The summed E-state index contributed by atoms with van der Waals surface area (Å²) in [5.41, 5.74) is 6.64. The van der Waals surface area contributed by atoms with Crippen LogP contribution in [-0.4, -0.2) is 37.1 Å². The van der Waals surface area contributed by atoms with E-state index < -0.39 is 0 Å². The summed E-state index contributed by atoms with van der Waals surface area (Å²) in [4.78, 5) is 13.9. The van der Waals surface area contributed by atoms with E-state index in [9.17, 15) is 4.79 Å². The average Bonchev–Trinajstić information content (AvgIpc) is 2.37. The molecule has 0 bridgehead atoms. The highest BCUT2D eigenvalue weighted by Gasteiger charge is 2.14. The third-order valence-electron chi connectivity index (χ3n) is 2.63. The highest BCUT2D eigenvalue weighted by atomic mass is 35.5. The summed E-state index contributed by atoms with van der Waals surface area (Å²) in [5, 5.41) is 0.404. The lowest BCUT2D eigenvalue weighted by Crippen LogP contribution is -2.33. The largest absolute Gasteiger partial charge is 0.398 e. The van der Waals surface area contributed by atoms with Crippen LogP contribution in [0.15, 0.2) is 18.2 Å². The van der Waals surface area contributed by atoms with Gasteiger partial charge in [0, 0.05) is 25.3 Å². The number of nitrogens with two attached hydrogens (primary N) is 1. The van der Waals surface area contributed by atoms with Gasteiger partial charge in [0.05, 0.1) is 17.3 Å². The van der Waals surface area contributed by atoms with E-state index in [2.05, 4.69) is 0 Å². The Kier molecular flexibility index (Phi) is 5.95. The Labute approximate surface area is 113 Å². The van der Waals surface area contributed by atoms with Crippen molar-refractivity contribution in [2.24, 2.45) is 0 Å². The van der Waals surface area contributed by atoms with Crippen molar-refractivity contribution in [1.29, 1.82) is 0 Å². The number of hydrogen-bond acceptors (Lipinski definition) is 3. The molecule has 1 rings (SSSR count). The molecule has 4 nitrogen and oxygen atoms in total. The van der Waals surface area contributed by atoms with E-state index in [1.165, 1.54) is 0 Å². The molecule has 0 spiro atoms. The van der Waals surface area contributed by atoms with Gasteiger partial charge in [-0.2, -0.15) is 0 Å². The SMILES string of the molecule is CCOCCN(CC)C(=O)c1ccc(N)c(Cl)c1. The molecular weight excluding hydrogens is 252 g/mol. The first-order chi connectivity index (χ1) is 8.60. The maximum atomic E-state index is 12.2. The van der Waals surface area contributed by atoms with E-state index in [1.54, 1.807) is 23.1 Å². The molecule has 1 amide bonds. The number of likely N-dealkylation sites (N-methyl/N-ethyl adjacent to an activating group) is 1. The van der Waals surface area contributed by atoms with Crippen LogP contribution < -0.4 is 5.73 Å². The van der Waals surface area contributed by atoms with Crippen LogP contribution in [0, 0.1) is 0 Å². The highest BCUT2D eigenvalue weighted by molar-refractivity contribution is 6.33. The summed E-state index contributed by atoms with van der Waals surface area (Å²) in [6.07, 6.45) is 0. The minimum atomic E-state index is -0.0564. The summed E-state index contributed by atoms with van der Waals surface area (Å²) in [6, 6.07) is 4.93. The Balaban J connectivity index is 2.73. The summed E-state index contributed by atoms with van der Waals surface area (Å²) in [6.45, 7) is 6.26. The zero-order valence-corrected chi connectivity index (χ0v) is 11.5. The fourth-order valence-electron chi connectivity index (χ4n) is 1.57. The number of nitrogens with zero attached hydrogens (tertiary/aromatic N) is 1. The minimum absolute atomic E-state index is 0.0564. The van der Waals surface area contributed by atoms with Gasteiger partial charge in [-0.15, -0.1) is 0 Å².